The van der Waals surface area contributed by atoms with Crippen LogP contribution in [-0.4, -0.2) is 36.2 Å². The van der Waals surface area contributed by atoms with E-state index in [1.54, 1.807) is 12.1 Å². The van der Waals surface area contributed by atoms with Crippen LogP contribution in [0.25, 0.3) is 0 Å². The van der Waals surface area contributed by atoms with Crippen LogP contribution in [0.5, 0.6) is 5.75 Å². The number of nitrogens with zero attached hydrogens (tertiary/aromatic N) is 2. The summed E-state index contributed by atoms with van der Waals surface area (Å²) in [6.07, 6.45) is 2.25. The molecule has 0 fully saturated rings. The quantitative estimate of drug-likeness (QED) is 0.553. The third-order valence-electron chi connectivity index (χ3n) is 3.75. The maximum Gasteiger partial charge on any atom is 0.272 e. The fourth-order valence-corrected chi connectivity index (χ4v) is 3.01. The fraction of sp³-hybridized carbons (Fsp3) is 0.167. The predicted molar refractivity (Wildman–Crippen MR) is 104 cm³/mol. The summed E-state index contributed by atoms with van der Waals surface area (Å²) in [5.41, 5.74) is 3.91. The molecule has 3 rings (SSSR count). The van der Waals surface area contributed by atoms with E-state index in [0.717, 1.165) is 19.5 Å². The van der Waals surface area contributed by atoms with Crippen LogP contribution in [0.4, 0.5) is 0 Å². The molecule has 6 nitrogen and oxygen atoms in total. The van der Waals surface area contributed by atoms with Crippen LogP contribution >= 0.6 is 23.2 Å². The zero-order valence-electron chi connectivity index (χ0n) is 13.7. The molecule has 0 radical (unpaired) electrons. The van der Waals surface area contributed by atoms with Crippen molar-refractivity contribution in [2.75, 3.05) is 13.1 Å². The summed E-state index contributed by atoms with van der Waals surface area (Å²) in [7, 11) is 0. The summed E-state index contributed by atoms with van der Waals surface area (Å²) in [6.45, 7) is 1.55. The third-order valence-corrected chi connectivity index (χ3v) is 4.26. The zero-order chi connectivity index (χ0) is 18.5. The summed E-state index contributed by atoms with van der Waals surface area (Å²) in [5, 5.41) is 17.4. The van der Waals surface area contributed by atoms with E-state index >= 15 is 0 Å². The van der Waals surface area contributed by atoms with Crippen LogP contribution in [0.2, 0.25) is 10.0 Å². The standard InChI is InChI=1S/C18H16Cl2N4O2/c19-12-8-11(16(25)15(20)9-12)10-23-24-18(26)14-5-2-1-4-13(14)17-21-6-3-7-22-17/h1-2,4-5,8-10,25H,3,6-7H2,(H,21,22)(H,24,26)/b23-10+. The number of nitrogens with one attached hydrogen (secondary N) is 2. The van der Waals surface area contributed by atoms with Crippen molar-refractivity contribution in [2.45, 2.75) is 6.42 Å². The highest BCUT2D eigenvalue weighted by Crippen LogP contribution is 2.29. The number of halogens is 2. The van der Waals surface area contributed by atoms with Crippen LogP contribution in [0, 0.1) is 0 Å². The molecule has 0 atom stereocenters. The Bertz CT molecular complexity index is 897. The molecule has 0 unspecified atom stereocenters. The lowest BCUT2D eigenvalue weighted by molar-refractivity contribution is 0.0955. The van der Waals surface area contributed by atoms with Crippen LogP contribution in [0.1, 0.15) is 27.9 Å². The normalized spacial score (nSPS) is 14.0. The van der Waals surface area contributed by atoms with Gasteiger partial charge in [-0.25, -0.2) is 5.43 Å². The largest absolute Gasteiger partial charge is 0.506 e. The maximum absolute atomic E-state index is 12.5. The lowest BCUT2D eigenvalue weighted by Crippen LogP contribution is -2.32. The van der Waals surface area contributed by atoms with Gasteiger partial charge in [-0.2, -0.15) is 5.10 Å². The second kappa shape index (κ2) is 8.21. The van der Waals surface area contributed by atoms with E-state index in [4.69, 9.17) is 23.2 Å². The minimum absolute atomic E-state index is 0.108. The molecular weight excluding hydrogens is 375 g/mol. The summed E-state index contributed by atoms with van der Waals surface area (Å²) in [6, 6.07) is 10.1. The molecule has 2 aromatic carbocycles. The van der Waals surface area contributed by atoms with Gasteiger partial charge in [0.05, 0.1) is 16.8 Å². The van der Waals surface area contributed by atoms with Crippen molar-refractivity contribution in [1.82, 2.24) is 10.7 Å². The number of carbonyl (C=O) groups excluding carboxylic acids is 1. The van der Waals surface area contributed by atoms with Gasteiger partial charge in [-0.05, 0) is 24.6 Å². The monoisotopic (exact) mass is 390 g/mol. The van der Waals surface area contributed by atoms with Gasteiger partial charge in [0.2, 0.25) is 0 Å². The molecule has 0 aliphatic carbocycles. The van der Waals surface area contributed by atoms with E-state index in [9.17, 15) is 9.90 Å². The Morgan fingerprint density at radius 3 is 2.88 bits per heavy atom. The molecule has 134 valence electrons. The van der Waals surface area contributed by atoms with Crippen molar-refractivity contribution in [3.63, 3.8) is 0 Å². The molecule has 26 heavy (non-hydrogen) atoms. The maximum atomic E-state index is 12.5. The Morgan fingerprint density at radius 2 is 2.12 bits per heavy atom. The Balaban J connectivity index is 1.78. The van der Waals surface area contributed by atoms with Crippen molar-refractivity contribution in [2.24, 2.45) is 10.1 Å². The van der Waals surface area contributed by atoms with E-state index < -0.39 is 0 Å². The van der Waals surface area contributed by atoms with E-state index in [0.29, 0.717) is 27.5 Å². The first-order valence-electron chi connectivity index (χ1n) is 7.95. The highest BCUT2D eigenvalue weighted by molar-refractivity contribution is 6.36. The van der Waals surface area contributed by atoms with Gasteiger partial charge < -0.3 is 10.4 Å². The first kappa shape index (κ1) is 18.2. The molecule has 1 heterocycles. The average Bonchev–Trinajstić information content (AvgIpc) is 2.66. The van der Waals surface area contributed by atoms with Crippen LogP contribution in [0.3, 0.4) is 0 Å². The van der Waals surface area contributed by atoms with Crippen molar-refractivity contribution >= 4 is 41.2 Å². The second-order valence-corrected chi connectivity index (χ2v) is 6.42. The first-order valence-corrected chi connectivity index (χ1v) is 8.71. The topological polar surface area (TPSA) is 86.1 Å². The Hall–Kier alpha value is -2.57. The summed E-state index contributed by atoms with van der Waals surface area (Å²) in [4.78, 5) is 16.9. The molecule has 0 saturated heterocycles. The van der Waals surface area contributed by atoms with Gasteiger partial charge in [0, 0.05) is 29.2 Å². The molecular formula is C18H16Cl2N4O2. The zero-order valence-corrected chi connectivity index (χ0v) is 15.2. The van der Waals surface area contributed by atoms with Crippen molar-refractivity contribution in [3.8, 4) is 5.75 Å². The number of aliphatic imine (C=N–C) groups is 1. The Labute approximate surface area is 160 Å². The van der Waals surface area contributed by atoms with E-state index in [-0.39, 0.29) is 16.7 Å². The van der Waals surface area contributed by atoms with E-state index in [1.807, 2.05) is 12.1 Å². The lowest BCUT2D eigenvalue weighted by Gasteiger charge is -2.16. The third kappa shape index (κ3) is 4.15. The summed E-state index contributed by atoms with van der Waals surface area (Å²) >= 11 is 11.8. The molecule has 0 bridgehead atoms. The number of amidine groups is 1. The predicted octanol–water partition coefficient (Wildman–Crippen LogP) is 3.20. The van der Waals surface area contributed by atoms with Crippen LogP contribution < -0.4 is 10.7 Å². The molecule has 0 saturated carbocycles. The number of phenols is 1. The van der Waals surface area contributed by atoms with Crippen molar-refractivity contribution in [3.05, 3.63) is 63.1 Å². The Morgan fingerprint density at radius 1 is 1.31 bits per heavy atom. The number of hydrazone groups is 1. The number of benzene rings is 2. The minimum Gasteiger partial charge on any atom is -0.506 e. The number of hydrogen-bond acceptors (Lipinski definition) is 5. The van der Waals surface area contributed by atoms with Gasteiger partial charge in [-0.15, -0.1) is 0 Å². The smallest absolute Gasteiger partial charge is 0.272 e. The molecule has 1 aliphatic heterocycles. The van der Waals surface area contributed by atoms with Gasteiger partial charge in [0.1, 0.15) is 11.6 Å². The number of phenolic OH excluding ortho intramolecular Hbond substituents is 1. The summed E-state index contributed by atoms with van der Waals surface area (Å²) in [5.74, 6) is 0.153. The average molecular weight is 391 g/mol. The van der Waals surface area contributed by atoms with Crippen LogP contribution in [-0.2, 0) is 0 Å². The molecule has 8 heteroatoms. The number of amides is 1. The number of hydrogen-bond donors (Lipinski definition) is 3. The minimum atomic E-state index is -0.389. The molecule has 1 aliphatic rings. The van der Waals surface area contributed by atoms with Crippen LogP contribution in [0.15, 0.2) is 46.5 Å². The molecule has 2 aromatic rings. The highest BCUT2D eigenvalue weighted by Gasteiger charge is 2.16. The van der Waals surface area contributed by atoms with E-state index in [2.05, 4.69) is 20.8 Å². The molecule has 3 N–H and O–H groups in total. The lowest BCUT2D eigenvalue weighted by atomic mass is 10.1. The molecule has 0 aromatic heterocycles. The van der Waals surface area contributed by atoms with Gasteiger partial charge in [0.25, 0.3) is 5.91 Å². The van der Waals surface area contributed by atoms with Gasteiger partial charge in [-0.1, -0.05) is 41.4 Å². The summed E-state index contributed by atoms with van der Waals surface area (Å²) < 4.78 is 0. The second-order valence-electron chi connectivity index (χ2n) is 5.58. The molecule has 0 spiro atoms. The van der Waals surface area contributed by atoms with Crippen molar-refractivity contribution in [1.29, 1.82) is 0 Å². The van der Waals surface area contributed by atoms with E-state index in [1.165, 1.54) is 18.3 Å². The highest BCUT2D eigenvalue weighted by atomic mass is 35.5. The van der Waals surface area contributed by atoms with Gasteiger partial charge in [0.15, 0.2) is 0 Å². The number of rotatable bonds is 4. The SMILES string of the molecule is O=C(N/N=C/c1cc(Cl)cc(Cl)c1O)c1ccccc1C1=NCCCN1. The molecule has 1 amide bonds. The number of aromatic hydroxyl groups is 1. The van der Waals surface area contributed by atoms with Gasteiger partial charge >= 0.3 is 0 Å². The van der Waals surface area contributed by atoms with Crippen molar-refractivity contribution < 1.29 is 9.90 Å². The fourth-order valence-electron chi connectivity index (χ4n) is 2.51. The first-order chi connectivity index (χ1) is 12.6. The number of carbonyl (C=O) groups is 1. The van der Waals surface area contributed by atoms with Gasteiger partial charge in [-0.3, -0.25) is 9.79 Å². The Kier molecular flexibility index (Phi) is 5.75.